The van der Waals surface area contributed by atoms with Gasteiger partial charge in [0.2, 0.25) is 0 Å². The number of fused-ring (bicyclic) bond motifs is 1. The van der Waals surface area contributed by atoms with Crippen molar-refractivity contribution in [1.29, 1.82) is 5.26 Å². The molecule has 1 amide bonds. The van der Waals surface area contributed by atoms with Crippen LogP contribution >= 0.6 is 0 Å². The molecule has 4 rings (SSSR count). The molecule has 0 aliphatic carbocycles. The molecule has 1 aliphatic rings. The normalized spacial score (nSPS) is 14.9. The monoisotopic (exact) mass is 451 g/mol. The minimum atomic E-state index is -0.287. The number of hydrogen-bond donors (Lipinski definition) is 2. The highest BCUT2D eigenvalue weighted by atomic mass is 16.5. The molecule has 0 aromatic heterocycles. The van der Waals surface area contributed by atoms with Crippen molar-refractivity contribution >= 4 is 23.1 Å². The zero-order chi connectivity index (χ0) is 24.3. The van der Waals surface area contributed by atoms with E-state index < -0.39 is 0 Å². The van der Waals surface area contributed by atoms with Crippen LogP contribution in [0.4, 0.5) is 5.69 Å². The molecule has 3 aromatic carbocycles. The summed E-state index contributed by atoms with van der Waals surface area (Å²) in [5.41, 5.74) is 4.71. The maximum absolute atomic E-state index is 13.0. The quantitative estimate of drug-likeness (QED) is 0.422. The smallest absolute Gasteiger partial charge is 0.255 e. The third-order valence-electron chi connectivity index (χ3n) is 5.69. The molecule has 1 heterocycles. The molecule has 0 bridgehead atoms. The van der Waals surface area contributed by atoms with Crippen LogP contribution < -0.4 is 15.4 Å². The first-order valence-electron chi connectivity index (χ1n) is 10.9. The Morgan fingerprint density at radius 1 is 1.03 bits per heavy atom. The predicted octanol–water partition coefficient (Wildman–Crippen LogP) is 4.97. The van der Waals surface area contributed by atoms with Crippen molar-refractivity contribution in [3.8, 4) is 11.8 Å². The Labute approximate surface area is 198 Å². The lowest BCUT2D eigenvalue weighted by Gasteiger charge is -2.35. The lowest BCUT2D eigenvalue weighted by atomic mass is 9.85. The molecule has 0 unspecified atom stereocenters. The zero-order valence-corrected chi connectivity index (χ0v) is 19.3. The fraction of sp³-hybridized carbons (Fsp3) is 0.179. The van der Waals surface area contributed by atoms with Crippen LogP contribution in [-0.2, 0) is 6.42 Å². The highest BCUT2D eigenvalue weighted by molar-refractivity contribution is 6.09. The van der Waals surface area contributed by atoms with E-state index in [1.165, 1.54) is 0 Å². The summed E-state index contributed by atoms with van der Waals surface area (Å²) in [5, 5.41) is 15.2. The van der Waals surface area contributed by atoms with Gasteiger partial charge in [-0.25, -0.2) is 0 Å². The number of nitrogens with zero attached hydrogens (tertiary/aromatic N) is 1. The Bertz CT molecular complexity index is 1310. The number of ketones is 1. The second kappa shape index (κ2) is 9.24. The summed E-state index contributed by atoms with van der Waals surface area (Å²) >= 11 is 0. The van der Waals surface area contributed by atoms with E-state index in [4.69, 9.17) is 10.00 Å². The van der Waals surface area contributed by atoms with E-state index in [9.17, 15) is 9.59 Å². The molecular formula is C28H25N3O3. The van der Waals surface area contributed by atoms with Crippen LogP contribution in [0.15, 0.2) is 72.8 Å². The molecule has 0 atom stereocenters. The van der Waals surface area contributed by atoms with Gasteiger partial charge >= 0.3 is 0 Å². The third-order valence-corrected chi connectivity index (χ3v) is 5.69. The SMILES string of the molecule is COc1ccc2c(c1)/C(=C/C(=O)c1ccc(NC(=O)c3ccc(C#N)cc3)cc1)NC(C)(C)C2. The van der Waals surface area contributed by atoms with E-state index in [0.717, 1.165) is 29.0 Å². The number of allylic oxidation sites excluding steroid dienone is 1. The summed E-state index contributed by atoms with van der Waals surface area (Å²) < 4.78 is 5.37. The number of amides is 1. The number of methoxy groups -OCH3 is 1. The van der Waals surface area contributed by atoms with Crippen molar-refractivity contribution < 1.29 is 14.3 Å². The number of carbonyl (C=O) groups is 2. The van der Waals surface area contributed by atoms with Gasteiger partial charge in [-0.15, -0.1) is 0 Å². The van der Waals surface area contributed by atoms with E-state index in [1.54, 1.807) is 61.7 Å². The molecule has 3 aromatic rings. The van der Waals surface area contributed by atoms with Crippen molar-refractivity contribution in [2.75, 3.05) is 12.4 Å². The van der Waals surface area contributed by atoms with Crippen molar-refractivity contribution in [3.05, 3.63) is 101 Å². The molecule has 6 heteroatoms. The maximum atomic E-state index is 13.0. The molecule has 34 heavy (non-hydrogen) atoms. The van der Waals surface area contributed by atoms with E-state index in [-0.39, 0.29) is 17.2 Å². The van der Waals surface area contributed by atoms with Crippen molar-refractivity contribution in [2.45, 2.75) is 25.8 Å². The first-order chi connectivity index (χ1) is 16.3. The van der Waals surface area contributed by atoms with Crippen LogP contribution in [0, 0.1) is 11.3 Å². The average molecular weight is 452 g/mol. The fourth-order valence-corrected chi connectivity index (χ4v) is 3.99. The van der Waals surface area contributed by atoms with Crippen LogP contribution in [0.3, 0.4) is 0 Å². The van der Waals surface area contributed by atoms with E-state index in [2.05, 4.69) is 24.5 Å². The van der Waals surface area contributed by atoms with Gasteiger partial charge in [-0.05, 0) is 86.5 Å². The highest BCUT2D eigenvalue weighted by Crippen LogP contribution is 2.32. The minimum absolute atomic E-state index is 0.140. The van der Waals surface area contributed by atoms with Gasteiger partial charge < -0.3 is 15.4 Å². The number of carbonyl (C=O) groups excluding carboxylic acids is 2. The highest BCUT2D eigenvalue weighted by Gasteiger charge is 2.28. The van der Waals surface area contributed by atoms with Gasteiger partial charge in [0.25, 0.3) is 5.91 Å². The second-order valence-electron chi connectivity index (χ2n) is 8.85. The molecule has 0 saturated carbocycles. The Hall–Kier alpha value is -4.37. The Kier molecular flexibility index (Phi) is 6.20. The van der Waals surface area contributed by atoms with Crippen LogP contribution in [0.25, 0.3) is 5.70 Å². The molecule has 6 nitrogen and oxygen atoms in total. The lowest BCUT2D eigenvalue weighted by molar-refractivity contribution is 0.102. The zero-order valence-electron chi connectivity index (χ0n) is 19.3. The molecule has 2 N–H and O–H groups in total. The summed E-state index contributed by atoms with van der Waals surface area (Å²) in [4.78, 5) is 25.5. The maximum Gasteiger partial charge on any atom is 0.255 e. The van der Waals surface area contributed by atoms with Crippen LogP contribution in [0.2, 0.25) is 0 Å². The number of rotatable bonds is 5. The van der Waals surface area contributed by atoms with Gasteiger partial charge in [-0.2, -0.15) is 5.26 Å². The fourth-order valence-electron chi connectivity index (χ4n) is 3.99. The summed E-state index contributed by atoms with van der Waals surface area (Å²) in [6.45, 7) is 4.20. The van der Waals surface area contributed by atoms with Gasteiger partial charge in [0.15, 0.2) is 5.78 Å². The van der Waals surface area contributed by atoms with Crippen molar-refractivity contribution in [2.24, 2.45) is 0 Å². The van der Waals surface area contributed by atoms with Crippen LogP contribution in [0.1, 0.15) is 51.3 Å². The minimum Gasteiger partial charge on any atom is -0.497 e. The molecule has 0 fully saturated rings. The Morgan fingerprint density at radius 3 is 2.35 bits per heavy atom. The summed E-state index contributed by atoms with van der Waals surface area (Å²) in [5.74, 6) is 0.310. The van der Waals surface area contributed by atoms with E-state index >= 15 is 0 Å². The topological polar surface area (TPSA) is 91.2 Å². The van der Waals surface area contributed by atoms with Gasteiger partial charge in [-0.3, -0.25) is 9.59 Å². The number of nitrogens with one attached hydrogen (secondary N) is 2. The van der Waals surface area contributed by atoms with Crippen molar-refractivity contribution in [3.63, 3.8) is 0 Å². The molecule has 0 radical (unpaired) electrons. The summed E-state index contributed by atoms with van der Waals surface area (Å²) in [6.07, 6.45) is 2.45. The molecule has 170 valence electrons. The number of nitriles is 1. The number of anilines is 1. The molecule has 0 spiro atoms. The number of hydrogen-bond acceptors (Lipinski definition) is 5. The van der Waals surface area contributed by atoms with E-state index in [1.807, 2.05) is 24.3 Å². The standard InChI is InChI=1S/C28H25N3O3/c1-28(2)16-21-10-13-23(34-3)14-24(21)25(31-28)15-26(32)19-8-11-22(12-9-19)30-27(33)20-6-4-18(17-29)5-7-20/h4-15,31H,16H2,1-3H3,(H,30,33)/b25-15-. The largest absolute Gasteiger partial charge is 0.497 e. The second-order valence-corrected chi connectivity index (χ2v) is 8.85. The Morgan fingerprint density at radius 2 is 1.71 bits per heavy atom. The summed E-state index contributed by atoms with van der Waals surface area (Å²) in [6, 6.07) is 21.1. The van der Waals surface area contributed by atoms with Gasteiger partial charge in [-0.1, -0.05) is 6.07 Å². The van der Waals surface area contributed by atoms with Crippen molar-refractivity contribution in [1.82, 2.24) is 5.32 Å². The predicted molar refractivity (Wildman–Crippen MR) is 132 cm³/mol. The summed E-state index contributed by atoms with van der Waals surface area (Å²) in [7, 11) is 1.62. The average Bonchev–Trinajstić information content (AvgIpc) is 2.83. The first-order valence-corrected chi connectivity index (χ1v) is 10.9. The van der Waals surface area contributed by atoms with E-state index in [0.29, 0.717) is 22.4 Å². The third kappa shape index (κ3) is 5.00. The first kappa shape index (κ1) is 22.8. The lowest BCUT2D eigenvalue weighted by Crippen LogP contribution is -2.43. The van der Waals surface area contributed by atoms with Gasteiger partial charge in [0.05, 0.1) is 18.7 Å². The number of ether oxygens (including phenoxy) is 1. The molecule has 1 aliphatic heterocycles. The van der Waals surface area contributed by atoms with Crippen LogP contribution in [0.5, 0.6) is 5.75 Å². The number of benzene rings is 3. The molecule has 0 saturated heterocycles. The van der Waals surface area contributed by atoms with Gasteiger partial charge in [0.1, 0.15) is 5.75 Å². The molecular weight excluding hydrogens is 426 g/mol. The van der Waals surface area contributed by atoms with Gasteiger partial charge in [0, 0.05) is 39.7 Å². The van der Waals surface area contributed by atoms with Crippen LogP contribution in [-0.4, -0.2) is 24.3 Å². The Balaban J connectivity index is 1.52.